The molecule has 1 atom stereocenters. The fourth-order valence-corrected chi connectivity index (χ4v) is 1.83. The monoisotopic (exact) mass is 230 g/mol. The number of unbranched alkanes of at least 4 members (excludes halogenated alkanes) is 5. The summed E-state index contributed by atoms with van der Waals surface area (Å²) in [6, 6.07) is 0. The molecule has 0 aromatic rings. The van der Waals surface area contributed by atoms with Gasteiger partial charge in [-0.3, -0.25) is 4.79 Å². The minimum Gasteiger partial charge on any atom is -0.481 e. The molecule has 0 spiro atoms. The van der Waals surface area contributed by atoms with E-state index < -0.39 is 5.97 Å². The molecule has 0 heterocycles. The van der Waals surface area contributed by atoms with E-state index in [9.17, 15) is 4.79 Å². The van der Waals surface area contributed by atoms with Crippen LogP contribution in [0.5, 0.6) is 0 Å². The zero-order valence-electron chi connectivity index (χ0n) is 10.7. The Balaban J connectivity index is 3.47. The van der Waals surface area contributed by atoms with Crippen LogP contribution in [-0.4, -0.2) is 23.8 Å². The lowest BCUT2D eigenvalue weighted by Crippen LogP contribution is -2.17. The molecular weight excluding hydrogens is 204 g/mol. The Morgan fingerprint density at radius 2 is 1.75 bits per heavy atom. The molecule has 0 aliphatic rings. The normalized spacial score (nSPS) is 12.6. The molecule has 3 nitrogen and oxygen atoms in total. The zero-order chi connectivity index (χ0) is 12.2. The Hall–Kier alpha value is -0.570. The van der Waals surface area contributed by atoms with Gasteiger partial charge in [0.25, 0.3) is 0 Å². The van der Waals surface area contributed by atoms with E-state index in [1.54, 1.807) is 0 Å². The van der Waals surface area contributed by atoms with Gasteiger partial charge >= 0.3 is 5.97 Å². The number of hydrogen-bond acceptors (Lipinski definition) is 2. The van der Waals surface area contributed by atoms with Gasteiger partial charge in [-0.2, -0.15) is 0 Å². The molecule has 0 radical (unpaired) electrons. The van der Waals surface area contributed by atoms with Crippen LogP contribution in [0.25, 0.3) is 0 Å². The summed E-state index contributed by atoms with van der Waals surface area (Å²) in [5.41, 5.74) is 0. The van der Waals surface area contributed by atoms with Crippen LogP contribution in [0.1, 0.15) is 65.2 Å². The summed E-state index contributed by atoms with van der Waals surface area (Å²) < 4.78 is 5.40. The van der Waals surface area contributed by atoms with Crippen molar-refractivity contribution in [1.29, 1.82) is 0 Å². The highest BCUT2D eigenvalue weighted by Crippen LogP contribution is 2.12. The summed E-state index contributed by atoms with van der Waals surface area (Å²) in [6.07, 6.45) is 8.35. The Kier molecular flexibility index (Phi) is 10.5. The average Bonchev–Trinajstić information content (AvgIpc) is 2.22. The molecule has 1 unspecified atom stereocenters. The molecule has 16 heavy (non-hydrogen) atoms. The molecule has 0 rings (SSSR count). The second kappa shape index (κ2) is 10.9. The summed E-state index contributed by atoms with van der Waals surface area (Å²) in [6.45, 7) is 4.72. The molecule has 0 aliphatic carbocycles. The first-order chi connectivity index (χ1) is 7.70. The quantitative estimate of drug-likeness (QED) is 0.551. The highest BCUT2D eigenvalue weighted by Gasteiger charge is 2.12. The first-order valence-electron chi connectivity index (χ1n) is 6.54. The van der Waals surface area contributed by atoms with Crippen LogP contribution >= 0.6 is 0 Å². The molecule has 0 aromatic heterocycles. The fourth-order valence-electron chi connectivity index (χ4n) is 1.83. The van der Waals surface area contributed by atoms with Crippen molar-refractivity contribution in [1.82, 2.24) is 0 Å². The maximum Gasteiger partial charge on any atom is 0.305 e. The molecule has 0 bridgehead atoms. The number of rotatable bonds is 11. The van der Waals surface area contributed by atoms with Gasteiger partial charge in [-0.1, -0.05) is 45.4 Å². The zero-order valence-corrected chi connectivity index (χ0v) is 10.7. The van der Waals surface area contributed by atoms with Crippen molar-refractivity contribution < 1.29 is 14.6 Å². The largest absolute Gasteiger partial charge is 0.481 e. The average molecular weight is 230 g/mol. The standard InChI is InChI=1S/C13H26O3/c1-3-5-6-7-8-9-10-12(16-4-2)11-13(14)15/h12H,3-11H2,1-2H3,(H,14,15). The third-order valence-corrected chi connectivity index (χ3v) is 2.68. The lowest BCUT2D eigenvalue weighted by Gasteiger charge is -2.14. The first kappa shape index (κ1) is 15.4. The molecule has 1 N–H and O–H groups in total. The summed E-state index contributed by atoms with van der Waals surface area (Å²) in [7, 11) is 0. The molecule has 0 aliphatic heterocycles. The Bertz CT molecular complexity index is 169. The van der Waals surface area contributed by atoms with Crippen LogP contribution in [0.2, 0.25) is 0 Å². The Morgan fingerprint density at radius 1 is 1.12 bits per heavy atom. The van der Waals surface area contributed by atoms with E-state index in [2.05, 4.69) is 6.92 Å². The SMILES string of the molecule is CCCCCCCCC(CC(=O)O)OCC. The molecule has 0 saturated heterocycles. The van der Waals surface area contributed by atoms with Crippen molar-refractivity contribution in [3.8, 4) is 0 Å². The summed E-state index contributed by atoms with van der Waals surface area (Å²) in [5, 5.41) is 8.70. The van der Waals surface area contributed by atoms with E-state index in [0.29, 0.717) is 6.61 Å². The third-order valence-electron chi connectivity index (χ3n) is 2.68. The van der Waals surface area contributed by atoms with Gasteiger partial charge in [-0.05, 0) is 13.3 Å². The van der Waals surface area contributed by atoms with Gasteiger partial charge in [0.15, 0.2) is 0 Å². The van der Waals surface area contributed by atoms with Gasteiger partial charge in [0.2, 0.25) is 0 Å². The minimum atomic E-state index is -0.760. The van der Waals surface area contributed by atoms with E-state index in [-0.39, 0.29) is 12.5 Å². The number of hydrogen-bond donors (Lipinski definition) is 1. The fraction of sp³-hybridized carbons (Fsp3) is 0.923. The van der Waals surface area contributed by atoms with Crippen molar-refractivity contribution in [2.45, 2.75) is 71.3 Å². The third kappa shape index (κ3) is 9.97. The topological polar surface area (TPSA) is 46.5 Å². The van der Waals surface area contributed by atoms with Crippen molar-refractivity contribution in [3.63, 3.8) is 0 Å². The van der Waals surface area contributed by atoms with Crippen LogP contribution in [0.3, 0.4) is 0 Å². The molecular formula is C13H26O3. The Morgan fingerprint density at radius 3 is 2.31 bits per heavy atom. The second-order valence-corrected chi connectivity index (χ2v) is 4.23. The minimum absolute atomic E-state index is 0.0892. The second-order valence-electron chi connectivity index (χ2n) is 4.23. The number of carboxylic acids is 1. The van der Waals surface area contributed by atoms with Crippen molar-refractivity contribution in [2.24, 2.45) is 0 Å². The van der Waals surface area contributed by atoms with Crippen molar-refractivity contribution in [3.05, 3.63) is 0 Å². The summed E-state index contributed by atoms with van der Waals surface area (Å²) in [4.78, 5) is 10.6. The van der Waals surface area contributed by atoms with Crippen molar-refractivity contribution in [2.75, 3.05) is 6.61 Å². The molecule has 96 valence electrons. The van der Waals surface area contributed by atoms with E-state index in [4.69, 9.17) is 9.84 Å². The van der Waals surface area contributed by atoms with Crippen LogP contribution in [0.4, 0.5) is 0 Å². The lowest BCUT2D eigenvalue weighted by atomic mass is 10.1. The summed E-state index contributed by atoms with van der Waals surface area (Å²) in [5.74, 6) is -0.760. The van der Waals surface area contributed by atoms with E-state index in [1.807, 2.05) is 6.92 Å². The molecule has 0 fully saturated rings. The predicted octanol–water partition coefficient (Wildman–Crippen LogP) is 3.62. The predicted molar refractivity (Wildman–Crippen MR) is 65.7 cm³/mol. The molecule has 0 saturated carbocycles. The van der Waals surface area contributed by atoms with Crippen LogP contribution in [0.15, 0.2) is 0 Å². The maximum atomic E-state index is 10.6. The van der Waals surface area contributed by atoms with E-state index in [1.165, 1.54) is 32.1 Å². The number of ether oxygens (including phenoxy) is 1. The lowest BCUT2D eigenvalue weighted by molar-refractivity contribution is -0.140. The number of carbonyl (C=O) groups is 1. The van der Waals surface area contributed by atoms with Gasteiger partial charge in [0.1, 0.15) is 0 Å². The van der Waals surface area contributed by atoms with Crippen LogP contribution in [0, 0.1) is 0 Å². The van der Waals surface area contributed by atoms with Crippen molar-refractivity contribution >= 4 is 5.97 Å². The van der Waals surface area contributed by atoms with Crippen LogP contribution < -0.4 is 0 Å². The highest BCUT2D eigenvalue weighted by atomic mass is 16.5. The maximum absolute atomic E-state index is 10.6. The van der Waals surface area contributed by atoms with E-state index in [0.717, 1.165) is 12.8 Å². The first-order valence-corrected chi connectivity index (χ1v) is 6.54. The molecule has 3 heteroatoms. The smallest absolute Gasteiger partial charge is 0.305 e. The van der Waals surface area contributed by atoms with Gasteiger partial charge in [0, 0.05) is 6.61 Å². The highest BCUT2D eigenvalue weighted by molar-refractivity contribution is 5.67. The van der Waals surface area contributed by atoms with Crippen LogP contribution in [-0.2, 0) is 9.53 Å². The van der Waals surface area contributed by atoms with Gasteiger partial charge in [-0.25, -0.2) is 0 Å². The van der Waals surface area contributed by atoms with Gasteiger partial charge in [-0.15, -0.1) is 0 Å². The number of carboxylic acid groups (broad SMARTS) is 1. The number of aliphatic carboxylic acids is 1. The Labute approximate surface area is 99.2 Å². The van der Waals surface area contributed by atoms with Gasteiger partial charge in [0.05, 0.1) is 12.5 Å². The van der Waals surface area contributed by atoms with Gasteiger partial charge < -0.3 is 9.84 Å². The summed E-state index contributed by atoms with van der Waals surface area (Å²) >= 11 is 0. The van der Waals surface area contributed by atoms with E-state index >= 15 is 0 Å². The molecule has 0 amide bonds. The molecule has 0 aromatic carbocycles.